The number of pyridine rings is 1. The number of ketones is 1. The number of aliphatic hydroxyl groups excluding tert-OH is 1. The maximum Gasteiger partial charge on any atom is 0.295 e. The minimum absolute atomic E-state index is 0.0182. The van der Waals surface area contributed by atoms with Gasteiger partial charge in [-0.05, 0) is 42.0 Å². The molecule has 5 nitrogen and oxygen atoms in total. The SMILES string of the molecule is CN1C(=O)C(=O)/C(=C(/O)c2ccc(F)cc2)C1c1ccncc1. The molecule has 1 aliphatic heterocycles. The fourth-order valence-corrected chi connectivity index (χ4v) is 2.65. The van der Waals surface area contributed by atoms with Crippen LogP contribution in [0.15, 0.2) is 54.4 Å². The van der Waals surface area contributed by atoms with E-state index in [4.69, 9.17) is 0 Å². The van der Waals surface area contributed by atoms with Crippen LogP contribution in [0.5, 0.6) is 0 Å². The normalized spacial score (nSPS) is 20.1. The number of aromatic nitrogens is 1. The van der Waals surface area contributed by atoms with Gasteiger partial charge in [0.15, 0.2) is 0 Å². The van der Waals surface area contributed by atoms with Gasteiger partial charge in [0.1, 0.15) is 11.6 Å². The Hall–Kier alpha value is -3.02. The van der Waals surface area contributed by atoms with Crippen LogP contribution in [-0.2, 0) is 9.59 Å². The molecule has 3 rings (SSSR count). The molecule has 23 heavy (non-hydrogen) atoms. The van der Waals surface area contributed by atoms with E-state index in [2.05, 4.69) is 4.98 Å². The maximum atomic E-state index is 13.0. The van der Waals surface area contributed by atoms with Crippen molar-refractivity contribution >= 4 is 17.4 Å². The summed E-state index contributed by atoms with van der Waals surface area (Å²) in [6.07, 6.45) is 3.09. The second kappa shape index (κ2) is 5.64. The highest BCUT2D eigenvalue weighted by atomic mass is 19.1. The Labute approximate surface area is 131 Å². The number of nitrogens with zero attached hydrogens (tertiary/aromatic N) is 2. The van der Waals surface area contributed by atoms with Crippen molar-refractivity contribution in [3.05, 3.63) is 71.3 Å². The first kappa shape index (κ1) is 14.9. The highest BCUT2D eigenvalue weighted by Gasteiger charge is 2.44. The minimum Gasteiger partial charge on any atom is -0.507 e. The summed E-state index contributed by atoms with van der Waals surface area (Å²) in [5.41, 5.74) is 0.914. The average Bonchev–Trinajstić information content (AvgIpc) is 2.80. The van der Waals surface area contributed by atoms with Gasteiger partial charge < -0.3 is 10.0 Å². The first-order valence-electron chi connectivity index (χ1n) is 6.91. The van der Waals surface area contributed by atoms with Gasteiger partial charge in [0.2, 0.25) is 0 Å². The summed E-state index contributed by atoms with van der Waals surface area (Å²) in [6.45, 7) is 0. The van der Waals surface area contributed by atoms with Crippen molar-refractivity contribution in [2.75, 3.05) is 7.05 Å². The van der Waals surface area contributed by atoms with Gasteiger partial charge in [0.05, 0.1) is 11.6 Å². The second-order valence-corrected chi connectivity index (χ2v) is 5.20. The summed E-state index contributed by atoms with van der Waals surface area (Å²) in [4.78, 5) is 29.5. The van der Waals surface area contributed by atoms with Gasteiger partial charge in [0.25, 0.3) is 11.7 Å². The van der Waals surface area contributed by atoms with Crippen LogP contribution in [0.25, 0.3) is 5.76 Å². The number of likely N-dealkylation sites (N-methyl/N-ethyl adjacent to an activating group) is 1. The number of aliphatic hydroxyl groups is 1. The van der Waals surface area contributed by atoms with Crippen molar-refractivity contribution in [2.45, 2.75) is 6.04 Å². The van der Waals surface area contributed by atoms with E-state index < -0.39 is 23.5 Å². The van der Waals surface area contributed by atoms with Gasteiger partial charge in [-0.2, -0.15) is 0 Å². The van der Waals surface area contributed by atoms with Gasteiger partial charge in [-0.25, -0.2) is 4.39 Å². The van der Waals surface area contributed by atoms with Crippen LogP contribution in [-0.4, -0.2) is 33.7 Å². The van der Waals surface area contributed by atoms with Crippen LogP contribution in [0.3, 0.4) is 0 Å². The molecule has 2 heterocycles. The zero-order valence-electron chi connectivity index (χ0n) is 12.2. The van der Waals surface area contributed by atoms with Crippen LogP contribution in [0.1, 0.15) is 17.2 Å². The first-order valence-corrected chi connectivity index (χ1v) is 6.91. The number of likely N-dealkylation sites (tertiary alicyclic amines) is 1. The third kappa shape index (κ3) is 2.48. The van der Waals surface area contributed by atoms with E-state index in [1.807, 2.05) is 0 Å². The van der Waals surface area contributed by atoms with Crippen molar-refractivity contribution in [1.82, 2.24) is 9.88 Å². The molecule has 6 heteroatoms. The van der Waals surface area contributed by atoms with Gasteiger partial charge in [-0.3, -0.25) is 14.6 Å². The lowest BCUT2D eigenvalue weighted by atomic mass is 9.96. The number of carbonyl (C=O) groups excluding carboxylic acids is 2. The standard InChI is InChI=1S/C17H13FN2O3/c1-20-14(10-6-8-19-9-7-10)13(16(22)17(20)23)15(21)11-2-4-12(18)5-3-11/h2-9,14,21H,1H3/b15-13+. The zero-order chi connectivity index (χ0) is 16.6. The summed E-state index contributed by atoms with van der Waals surface area (Å²) in [6, 6.07) is 7.71. The van der Waals surface area contributed by atoms with Gasteiger partial charge >= 0.3 is 0 Å². The molecule has 0 spiro atoms. The van der Waals surface area contributed by atoms with E-state index in [0.717, 1.165) is 0 Å². The molecule has 0 radical (unpaired) electrons. The zero-order valence-corrected chi connectivity index (χ0v) is 12.2. The molecular formula is C17H13FN2O3. The van der Waals surface area contributed by atoms with Crippen molar-refractivity contribution in [1.29, 1.82) is 0 Å². The molecule has 1 atom stereocenters. The molecule has 1 aromatic heterocycles. The monoisotopic (exact) mass is 312 g/mol. The highest BCUT2D eigenvalue weighted by Crippen LogP contribution is 2.37. The fourth-order valence-electron chi connectivity index (χ4n) is 2.65. The Kier molecular flexibility index (Phi) is 3.65. The molecular weight excluding hydrogens is 299 g/mol. The number of hydrogen-bond donors (Lipinski definition) is 1. The van der Waals surface area contributed by atoms with Crippen LogP contribution in [0.4, 0.5) is 4.39 Å². The molecule has 116 valence electrons. The van der Waals surface area contributed by atoms with Crippen LogP contribution < -0.4 is 0 Å². The fraction of sp³-hybridized carbons (Fsp3) is 0.118. The summed E-state index contributed by atoms with van der Waals surface area (Å²) in [5, 5.41) is 10.5. The lowest BCUT2D eigenvalue weighted by Gasteiger charge is -2.20. The Morgan fingerprint density at radius 2 is 1.74 bits per heavy atom. The maximum absolute atomic E-state index is 13.0. The number of benzene rings is 1. The summed E-state index contributed by atoms with van der Waals surface area (Å²) in [7, 11) is 1.50. The summed E-state index contributed by atoms with van der Waals surface area (Å²) < 4.78 is 13.0. The number of carbonyl (C=O) groups is 2. The van der Waals surface area contributed by atoms with E-state index in [9.17, 15) is 19.1 Å². The summed E-state index contributed by atoms with van der Waals surface area (Å²) in [5.74, 6) is -2.25. The van der Waals surface area contributed by atoms with Crippen LogP contribution >= 0.6 is 0 Å². The first-order chi connectivity index (χ1) is 11.0. The highest BCUT2D eigenvalue weighted by molar-refractivity contribution is 6.46. The predicted molar refractivity (Wildman–Crippen MR) is 80.7 cm³/mol. The van der Waals surface area contributed by atoms with Gasteiger partial charge in [-0.1, -0.05) is 0 Å². The lowest BCUT2D eigenvalue weighted by Crippen LogP contribution is -2.24. The van der Waals surface area contributed by atoms with Crippen molar-refractivity contribution in [3.63, 3.8) is 0 Å². The molecule has 1 amide bonds. The smallest absolute Gasteiger partial charge is 0.295 e. The summed E-state index contributed by atoms with van der Waals surface area (Å²) >= 11 is 0. The third-order valence-electron chi connectivity index (χ3n) is 3.81. The predicted octanol–water partition coefficient (Wildman–Crippen LogP) is 2.27. The second-order valence-electron chi connectivity index (χ2n) is 5.20. The third-order valence-corrected chi connectivity index (χ3v) is 3.81. The van der Waals surface area contributed by atoms with Crippen molar-refractivity contribution < 1.29 is 19.1 Å². The van der Waals surface area contributed by atoms with Gasteiger partial charge in [-0.15, -0.1) is 0 Å². The Balaban J connectivity index is 2.17. The molecule has 1 saturated heterocycles. The van der Waals surface area contributed by atoms with E-state index in [0.29, 0.717) is 5.56 Å². The molecule has 2 aromatic rings. The largest absolute Gasteiger partial charge is 0.507 e. The molecule has 0 saturated carbocycles. The van der Waals surface area contributed by atoms with Gasteiger partial charge in [0, 0.05) is 25.0 Å². The molecule has 1 N–H and O–H groups in total. The number of amides is 1. The average molecular weight is 312 g/mol. The number of hydrogen-bond acceptors (Lipinski definition) is 4. The Morgan fingerprint density at radius 1 is 1.13 bits per heavy atom. The molecule has 1 fully saturated rings. The quantitative estimate of drug-likeness (QED) is 0.525. The molecule has 1 unspecified atom stereocenters. The van der Waals surface area contributed by atoms with E-state index in [1.54, 1.807) is 24.5 Å². The topological polar surface area (TPSA) is 70.5 Å². The number of Topliss-reactive ketones (excluding diaryl/α,β-unsaturated/α-hetero) is 1. The van der Waals surface area contributed by atoms with E-state index >= 15 is 0 Å². The van der Waals surface area contributed by atoms with Crippen molar-refractivity contribution in [3.8, 4) is 0 Å². The van der Waals surface area contributed by atoms with Crippen LogP contribution in [0.2, 0.25) is 0 Å². The molecule has 1 aliphatic rings. The van der Waals surface area contributed by atoms with Crippen molar-refractivity contribution in [2.24, 2.45) is 0 Å². The Morgan fingerprint density at radius 3 is 2.35 bits per heavy atom. The molecule has 0 bridgehead atoms. The minimum atomic E-state index is -0.767. The number of rotatable bonds is 2. The van der Waals surface area contributed by atoms with E-state index in [-0.39, 0.29) is 16.9 Å². The van der Waals surface area contributed by atoms with E-state index in [1.165, 1.54) is 36.2 Å². The lowest BCUT2D eigenvalue weighted by molar-refractivity contribution is -0.139. The number of halogens is 1. The Bertz CT molecular complexity index is 800. The molecule has 1 aromatic carbocycles. The molecule has 0 aliphatic carbocycles. The van der Waals surface area contributed by atoms with Crippen LogP contribution in [0, 0.1) is 5.82 Å².